The Morgan fingerprint density at radius 1 is 1.07 bits per heavy atom. The summed E-state index contributed by atoms with van der Waals surface area (Å²) >= 11 is 0. The molecule has 0 spiro atoms. The van der Waals surface area contributed by atoms with Crippen molar-refractivity contribution in [1.29, 1.82) is 0 Å². The zero-order valence-electron chi connectivity index (χ0n) is 16.6. The largest absolute Gasteiger partial charge is 0.490 e. The molecule has 168 valence electrons. The molecule has 2 fully saturated rings. The van der Waals surface area contributed by atoms with E-state index in [9.17, 15) is 22.4 Å². The Morgan fingerprint density at radius 3 is 2.10 bits per heavy atom. The number of carbonyl (C=O) groups excluding carboxylic acids is 1. The van der Waals surface area contributed by atoms with Gasteiger partial charge in [-0.05, 0) is 37.1 Å². The quantitative estimate of drug-likeness (QED) is 0.715. The maximum atomic E-state index is 13.2. The lowest BCUT2D eigenvalue weighted by Crippen LogP contribution is -2.51. The van der Waals surface area contributed by atoms with Crippen molar-refractivity contribution < 1.29 is 32.3 Å². The van der Waals surface area contributed by atoms with Crippen LogP contribution >= 0.6 is 0 Å². The van der Waals surface area contributed by atoms with Gasteiger partial charge in [0.2, 0.25) is 5.91 Å². The molecule has 0 unspecified atom stereocenters. The first-order valence-corrected chi connectivity index (χ1v) is 9.99. The van der Waals surface area contributed by atoms with Crippen molar-refractivity contribution in [2.24, 2.45) is 0 Å². The molecule has 3 rings (SSSR count). The highest BCUT2D eigenvalue weighted by molar-refractivity contribution is 5.95. The summed E-state index contributed by atoms with van der Waals surface area (Å²) in [5.41, 5.74) is 0.832. The van der Waals surface area contributed by atoms with E-state index in [0.29, 0.717) is 6.54 Å². The van der Waals surface area contributed by atoms with Gasteiger partial charge in [0.1, 0.15) is 5.82 Å². The van der Waals surface area contributed by atoms with Crippen LogP contribution in [0.3, 0.4) is 0 Å². The number of halogens is 4. The highest BCUT2D eigenvalue weighted by Gasteiger charge is 2.38. The van der Waals surface area contributed by atoms with Crippen LogP contribution in [0.5, 0.6) is 0 Å². The van der Waals surface area contributed by atoms with Crippen LogP contribution in [0.25, 0.3) is 0 Å². The van der Waals surface area contributed by atoms with Crippen molar-refractivity contribution in [3.8, 4) is 0 Å². The lowest BCUT2D eigenvalue weighted by Gasteiger charge is -2.36. The van der Waals surface area contributed by atoms with Crippen molar-refractivity contribution in [2.75, 3.05) is 37.6 Å². The van der Waals surface area contributed by atoms with Crippen molar-refractivity contribution in [1.82, 2.24) is 10.2 Å². The Morgan fingerprint density at radius 2 is 1.60 bits per heavy atom. The van der Waals surface area contributed by atoms with E-state index in [0.717, 1.165) is 44.7 Å². The third kappa shape index (κ3) is 7.56. The van der Waals surface area contributed by atoms with Gasteiger partial charge < -0.3 is 15.3 Å². The number of alkyl halides is 3. The maximum Gasteiger partial charge on any atom is 0.490 e. The normalized spacial score (nSPS) is 18.3. The Balaban J connectivity index is 0.000000396. The van der Waals surface area contributed by atoms with Gasteiger partial charge in [-0.25, -0.2) is 9.18 Å². The monoisotopic (exact) mass is 433 g/mol. The van der Waals surface area contributed by atoms with Crippen LogP contribution in [0.15, 0.2) is 24.3 Å². The van der Waals surface area contributed by atoms with Crippen molar-refractivity contribution in [3.63, 3.8) is 0 Å². The van der Waals surface area contributed by atoms with Gasteiger partial charge in [-0.2, -0.15) is 13.2 Å². The number of benzene rings is 1. The van der Waals surface area contributed by atoms with Gasteiger partial charge in [0.05, 0.1) is 6.54 Å². The van der Waals surface area contributed by atoms with Gasteiger partial charge in [0.15, 0.2) is 0 Å². The summed E-state index contributed by atoms with van der Waals surface area (Å²) in [4.78, 5) is 26.0. The molecule has 1 saturated heterocycles. The lowest BCUT2D eigenvalue weighted by atomic mass is 9.93. The van der Waals surface area contributed by atoms with E-state index < -0.39 is 12.1 Å². The molecule has 6 nitrogen and oxygen atoms in total. The van der Waals surface area contributed by atoms with E-state index in [1.54, 1.807) is 12.1 Å². The third-order valence-electron chi connectivity index (χ3n) is 5.12. The average molecular weight is 433 g/mol. The molecule has 0 aromatic heterocycles. The van der Waals surface area contributed by atoms with Gasteiger partial charge >= 0.3 is 12.1 Å². The van der Waals surface area contributed by atoms with Crippen LogP contribution in [0.2, 0.25) is 0 Å². The third-order valence-corrected chi connectivity index (χ3v) is 5.12. The number of aliphatic carboxylic acids is 1. The topological polar surface area (TPSA) is 72.9 Å². The minimum atomic E-state index is -5.08. The summed E-state index contributed by atoms with van der Waals surface area (Å²) in [5.74, 6) is -2.87. The number of nitrogens with one attached hydrogen (secondary N) is 1. The molecule has 10 heteroatoms. The molecular formula is C20H27F4N3O3. The maximum absolute atomic E-state index is 13.2. The Labute approximate surface area is 172 Å². The molecule has 1 amide bonds. The molecule has 0 atom stereocenters. The first kappa shape index (κ1) is 24.1. The summed E-state index contributed by atoms with van der Waals surface area (Å²) in [6.45, 7) is 4.15. The standard InChI is InChI=1S/C18H26FN3O.C2HF3O2/c19-15-6-8-17(9-7-15)22(16-4-2-1-3-5-16)18(23)14-21-12-10-20-11-13-21;3-2(4,5)1(6)7/h6-9,16,20H,1-5,10-14H2;(H,6,7). The van der Waals surface area contributed by atoms with Crippen LogP contribution in [0.4, 0.5) is 23.2 Å². The molecule has 1 aliphatic heterocycles. The van der Waals surface area contributed by atoms with E-state index in [-0.39, 0.29) is 17.8 Å². The van der Waals surface area contributed by atoms with E-state index in [2.05, 4.69) is 10.2 Å². The second-order valence-corrected chi connectivity index (χ2v) is 7.36. The number of amides is 1. The number of piperazine rings is 1. The van der Waals surface area contributed by atoms with Gasteiger partial charge in [-0.15, -0.1) is 0 Å². The number of carboxylic acids is 1. The van der Waals surface area contributed by atoms with Crippen LogP contribution in [0.1, 0.15) is 32.1 Å². The van der Waals surface area contributed by atoms with Gasteiger partial charge in [0.25, 0.3) is 0 Å². The number of rotatable bonds is 4. The minimum Gasteiger partial charge on any atom is -0.475 e. The molecule has 0 radical (unpaired) electrons. The minimum absolute atomic E-state index is 0.144. The predicted molar refractivity (Wildman–Crippen MR) is 104 cm³/mol. The predicted octanol–water partition coefficient (Wildman–Crippen LogP) is 3.03. The Kier molecular flexibility index (Phi) is 9.04. The van der Waals surface area contributed by atoms with Crippen LogP contribution in [-0.2, 0) is 9.59 Å². The molecule has 1 aromatic rings. The van der Waals surface area contributed by atoms with Crippen molar-refractivity contribution >= 4 is 17.6 Å². The fourth-order valence-corrected chi connectivity index (χ4v) is 3.64. The smallest absolute Gasteiger partial charge is 0.475 e. The summed E-state index contributed by atoms with van der Waals surface area (Å²) < 4.78 is 45.0. The fourth-order valence-electron chi connectivity index (χ4n) is 3.64. The molecule has 1 aliphatic carbocycles. The number of anilines is 1. The van der Waals surface area contributed by atoms with Crippen LogP contribution < -0.4 is 10.2 Å². The second-order valence-electron chi connectivity index (χ2n) is 7.36. The molecule has 1 aromatic carbocycles. The molecule has 1 saturated carbocycles. The average Bonchev–Trinajstić information content (AvgIpc) is 2.71. The SMILES string of the molecule is O=C(CN1CCNCC1)N(c1ccc(F)cc1)C1CCCCC1.O=C(O)C(F)(F)F. The Hall–Kier alpha value is -2.20. The fraction of sp³-hybridized carbons (Fsp3) is 0.600. The van der Waals surface area contributed by atoms with E-state index in [4.69, 9.17) is 9.90 Å². The highest BCUT2D eigenvalue weighted by Crippen LogP contribution is 2.28. The molecule has 30 heavy (non-hydrogen) atoms. The molecule has 0 bridgehead atoms. The first-order chi connectivity index (χ1) is 14.2. The van der Waals surface area contributed by atoms with Crippen LogP contribution in [-0.4, -0.2) is 66.8 Å². The summed E-state index contributed by atoms with van der Waals surface area (Å²) in [6.07, 6.45) is 0.599. The second kappa shape index (κ2) is 11.3. The van der Waals surface area contributed by atoms with Gasteiger partial charge in [-0.3, -0.25) is 9.69 Å². The van der Waals surface area contributed by atoms with Crippen molar-refractivity contribution in [2.45, 2.75) is 44.3 Å². The van der Waals surface area contributed by atoms with Gasteiger partial charge in [0, 0.05) is 37.9 Å². The number of nitrogens with zero attached hydrogens (tertiary/aromatic N) is 2. The zero-order chi connectivity index (χ0) is 22.1. The first-order valence-electron chi connectivity index (χ1n) is 9.99. The van der Waals surface area contributed by atoms with Gasteiger partial charge in [-0.1, -0.05) is 19.3 Å². The number of carbonyl (C=O) groups is 2. The molecular weight excluding hydrogens is 406 g/mol. The van der Waals surface area contributed by atoms with E-state index >= 15 is 0 Å². The van der Waals surface area contributed by atoms with E-state index in [1.165, 1.54) is 31.4 Å². The lowest BCUT2D eigenvalue weighted by molar-refractivity contribution is -0.192. The van der Waals surface area contributed by atoms with E-state index in [1.807, 2.05) is 4.90 Å². The zero-order valence-corrected chi connectivity index (χ0v) is 16.6. The summed E-state index contributed by atoms with van der Waals surface area (Å²) in [5, 5.41) is 10.4. The van der Waals surface area contributed by atoms with Crippen LogP contribution in [0, 0.1) is 5.82 Å². The number of carboxylic acid groups (broad SMARTS) is 1. The molecule has 2 N–H and O–H groups in total. The number of hydrogen-bond donors (Lipinski definition) is 2. The molecule has 1 heterocycles. The number of hydrogen-bond acceptors (Lipinski definition) is 4. The molecule has 2 aliphatic rings. The Bertz CT molecular complexity index is 686. The highest BCUT2D eigenvalue weighted by atomic mass is 19.4. The van der Waals surface area contributed by atoms with Crippen molar-refractivity contribution in [3.05, 3.63) is 30.1 Å². The summed E-state index contributed by atoms with van der Waals surface area (Å²) in [7, 11) is 0. The summed E-state index contributed by atoms with van der Waals surface area (Å²) in [6, 6.07) is 6.62.